The molecular formula is C12H18ClNO2. The van der Waals surface area contributed by atoms with Crippen molar-refractivity contribution >= 4 is 17.3 Å². The van der Waals surface area contributed by atoms with Crippen molar-refractivity contribution in [2.45, 2.75) is 19.4 Å². The molecule has 0 spiro atoms. The third-order valence-electron chi connectivity index (χ3n) is 2.38. The first-order valence-corrected chi connectivity index (χ1v) is 5.68. The molecule has 1 aromatic carbocycles. The van der Waals surface area contributed by atoms with E-state index in [1.54, 1.807) is 14.2 Å². The van der Waals surface area contributed by atoms with Gasteiger partial charge < -0.3 is 14.8 Å². The zero-order valence-corrected chi connectivity index (χ0v) is 10.7. The summed E-state index contributed by atoms with van der Waals surface area (Å²) in [5, 5.41) is 3.97. The largest absolute Gasteiger partial charge is 0.495 e. The van der Waals surface area contributed by atoms with Crippen molar-refractivity contribution in [2.75, 3.05) is 26.1 Å². The van der Waals surface area contributed by atoms with Crippen LogP contribution in [-0.4, -0.2) is 26.9 Å². The summed E-state index contributed by atoms with van der Waals surface area (Å²) in [7, 11) is 3.30. The number of halogens is 1. The first-order valence-electron chi connectivity index (χ1n) is 5.30. The lowest BCUT2D eigenvalue weighted by atomic mass is 10.2. The van der Waals surface area contributed by atoms with E-state index in [1.807, 2.05) is 18.2 Å². The zero-order valence-electron chi connectivity index (χ0n) is 9.92. The van der Waals surface area contributed by atoms with Crippen LogP contribution in [0.1, 0.15) is 13.3 Å². The van der Waals surface area contributed by atoms with Crippen LogP contribution < -0.4 is 10.1 Å². The SMILES string of the molecule is CCC(COC)Nc1ccc(OC)c(Cl)c1. The highest BCUT2D eigenvalue weighted by atomic mass is 35.5. The zero-order chi connectivity index (χ0) is 12.0. The summed E-state index contributed by atoms with van der Waals surface area (Å²) in [6.45, 7) is 2.79. The Bertz CT molecular complexity index is 331. The van der Waals surface area contributed by atoms with Crippen molar-refractivity contribution in [3.05, 3.63) is 23.2 Å². The van der Waals surface area contributed by atoms with E-state index in [4.69, 9.17) is 21.1 Å². The van der Waals surface area contributed by atoms with Crippen molar-refractivity contribution in [3.8, 4) is 5.75 Å². The Labute approximate surface area is 102 Å². The Morgan fingerprint density at radius 1 is 1.38 bits per heavy atom. The van der Waals surface area contributed by atoms with Crippen molar-refractivity contribution < 1.29 is 9.47 Å². The fraction of sp³-hybridized carbons (Fsp3) is 0.500. The second-order valence-electron chi connectivity index (χ2n) is 3.55. The normalized spacial score (nSPS) is 12.2. The Balaban J connectivity index is 2.69. The van der Waals surface area contributed by atoms with Crippen LogP contribution in [0.15, 0.2) is 18.2 Å². The van der Waals surface area contributed by atoms with Crippen LogP contribution in [0.2, 0.25) is 5.02 Å². The average Bonchev–Trinajstić information content (AvgIpc) is 2.28. The standard InChI is InChI=1S/C12H18ClNO2/c1-4-9(8-15-2)14-10-5-6-12(16-3)11(13)7-10/h5-7,9,14H,4,8H2,1-3H3. The van der Waals surface area contributed by atoms with Crippen LogP contribution in [0.5, 0.6) is 5.75 Å². The summed E-state index contributed by atoms with van der Waals surface area (Å²) in [6, 6.07) is 5.96. The molecule has 1 rings (SSSR count). The molecule has 0 amide bonds. The fourth-order valence-corrected chi connectivity index (χ4v) is 1.71. The third kappa shape index (κ3) is 3.58. The molecule has 1 aromatic rings. The molecule has 90 valence electrons. The number of nitrogens with one attached hydrogen (secondary N) is 1. The monoisotopic (exact) mass is 243 g/mol. The average molecular weight is 244 g/mol. The molecule has 0 radical (unpaired) electrons. The summed E-state index contributed by atoms with van der Waals surface area (Å²) in [4.78, 5) is 0. The van der Waals surface area contributed by atoms with Crippen molar-refractivity contribution in [1.29, 1.82) is 0 Å². The molecule has 3 nitrogen and oxygen atoms in total. The van der Waals surface area contributed by atoms with E-state index in [2.05, 4.69) is 12.2 Å². The maximum atomic E-state index is 6.04. The minimum absolute atomic E-state index is 0.300. The van der Waals surface area contributed by atoms with Crippen LogP contribution in [0.4, 0.5) is 5.69 Å². The first kappa shape index (κ1) is 13.1. The number of methoxy groups -OCH3 is 2. The van der Waals surface area contributed by atoms with E-state index in [1.165, 1.54) is 0 Å². The molecule has 1 atom stereocenters. The van der Waals surface area contributed by atoms with Crippen molar-refractivity contribution in [2.24, 2.45) is 0 Å². The Morgan fingerprint density at radius 3 is 2.62 bits per heavy atom. The topological polar surface area (TPSA) is 30.5 Å². The van der Waals surface area contributed by atoms with E-state index in [-0.39, 0.29) is 0 Å². The van der Waals surface area contributed by atoms with E-state index >= 15 is 0 Å². The van der Waals surface area contributed by atoms with E-state index < -0.39 is 0 Å². The molecule has 0 aliphatic rings. The van der Waals surface area contributed by atoms with Crippen molar-refractivity contribution in [1.82, 2.24) is 0 Å². The molecule has 0 saturated carbocycles. The van der Waals surface area contributed by atoms with Gasteiger partial charge in [-0.1, -0.05) is 18.5 Å². The maximum absolute atomic E-state index is 6.04. The summed E-state index contributed by atoms with van der Waals surface area (Å²) >= 11 is 6.04. The predicted octanol–water partition coefficient (Wildman–Crippen LogP) is 3.19. The van der Waals surface area contributed by atoms with E-state index in [0.29, 0.717) is 23.4 Å². The summed E-state index contributed by atoms with van der Waals surface area (Å²) in [5.41, 5.74) is 0.981. The summed E-state index contributed by atoms with van der Waals surface area (Å²) in [6.07, 6.45) is 0.998. The second-order valence-corrected chi connectivity index (χ2v) is 3.96. The molecule has 4 heteroatoms. The maximum Gasteiger partial charge on any atom is 0.137 e. The number of benzene rings is 1. The molecule has 16 heavy (non-hydrogen) atoms. The lowest BCUT2D eigenvalue weighted by molar-refractivity contribution is 0.184. The Morgan fingerprint density at radius 2 is 2.12 bits per heavy atom. The molecule has 0 bridgehead atoms. The lowest BCUT2D eigenvalue weighted by Gasteiger charge is -2.17. The van der Waals surface area contributed by atoms with Crippen LogP contribution in [0.25, 0.3) is 0 Å². The molecule has 0 aliphatic carbocycles. The molecule has 1 unspecified atom stereocenters. The van der Waals surface area contributed by atoms with Gasteiger partial charge in [0.25, 0.3) is 0 Å². The molecule has 0 saturated heterocycles. The molecule has 0 aliphatic heterocycles. The summed E-state index contributed by atoms with van der Waals surface area (Å²) in [5.74, 6) is 0.687. The van der Waals surface area contributed by atoms with Gasteiger partial charge in [-0.3, -0.25) is 0 Å². The Hall–Kier alpha value is -0.930. The van der Waals surface area contributed by atoms with E-state index in [9.17, 15) is 0 Å². The van der Waals surface area contributed by atoms with Crippen LogP contribution >= 0.6 is 11.6 Å². The number of hydrogen-bond donors (Lipinski definition) is 1. The molecule has 0 heterocycles. The lowest BCUT2D eigenvalue weighted by Crippen LogP contribution is -2.23. The van der Waals surface area contributed by atoms with Gasteiger partial charge in [0.1, 0.15) is 5.75 Å². The molecule has 1 N–H and O–H groups in total. The number of ether oxygens (including phenoxy) is 2. The van der Waals surface area contributed by atoms with Gasteiger partial charge in [0.2, 0.25) is 0 Å². The van der Waals surface area contributed by atoms with E-state index in [0.717, 1.165) is 12.1 Å². The van der Waals surface area contributed by atoms with Crippen LogP contribution in [0, 0.1) is 0 Å². The molecular weight excluding hydrogens is 226 g/mol. The quantitative estimate of drug-likeness (QED) is 0.833. The highest BCUT2D eigenvalue weighted by Crippen LogP contribution is 2.27. The smallest absolute Gasteiger partial charge is 0.137 e. The van der Waals surface area contributed by atoms with Gasteiger partial charge in [-0.15, -0.1) is 0 Å². The minimum Gasteiger partial charge on any atom is -0.495 e. The second kappa shape index (κ2) is 6.61. The fourth-order valence-electron chi connectivity index (χ4n) is 1.45. The highest BCUT2D eigenvalue weighted by Gasteiger charge is 2.07. The first-order chi connectivity index (χ1) is 7.71. The Kier molecular flexibility index (Phi) is 5.43. The summed E-state index contributed by atoms with van der Waals surface area (Å²) < 4.78 is 10.2. The van der Waals surface area contributed by atoms with Crippen molar-refractivity contribution in [3.63, 3.8) is 0 Å². The predicted molar refractivity (Wildman–Crippen MR) is 67.6 cm³/mol. The molecule has 0 aromatic heterocycles. The van der Waals surface area contributed by atoms with Gasteiger partial charge in [-0.2, -0.15) is 0 Å². The van der Waals surface area contributed by atoms with Gasteiger partial charge in [0.15, 0.2) is 0 Å². The third-order valence-corrected chi connectivity index (χ3v) is 2.68. The minimum atomic E-state index is 0.300. The highest BCUT2D eigenvalue weighted by molar-refractivity contribution is 6.32. The van der Waals surface area contributed by atoms with Gasteiger partial charge in [0.05, 0.1) is 18.7 Å². The van der Waals surface area contributed by atoms with Crippen LogP contribution in [-0.2, 0) is 4.74 Å². The van der Waals surface area contributed by atoms with Crippen LogP contribution in [0.3, 0.4) is 0 Å². The van der Waals surface area contributed by atoms with Gasteiger partial charge in [-0.05, 0) is 24.6 Å². The molecule has 0 fully saturated rings. The number of anilines is 1. The van der Waals surface area contributed by atoms with Gasteiger partial charge in [0, 0.05) is 18.8 Å². The number of rotatable bonds is 6. The van der Waals surface area contributed by atoms with Gasteiger partial charge in [-0.25, -0.2) is 0 Å². The van der Waals surface area contributed by atoms with Gasteiger partial charge >= 0.3 is 0 Å². The number of hydrogen-bond acceptors (Lipinski definition) is 3.